The molecule has 1 aromatic carbocycles. The van der Waals surface area contributed by atoms with Crippen molar-refractivity contribution in [2.75, 3.05) is 13.1 Å². The Morgan fingerprint density at radius 3 is 2.57 bits per heavy atom. The largest absolute Gasteiger partial charge is 0.573 e. The average Bonchev–Trinajstić information content (AvgIpc) is 2.61. The van der Waals surface area contributed by atoms with Crippen LogP contribution < -0.4 is 15.4 Å². The van der Waals surface area contributed by atoms with E-state index in [-0.39, 0.29) is 36.3 Å². The summed E-state index contributed by atoms with van der Waals surface area (Å²) >= 11 is 0. The highest BCUT2D eigenvalue weighted by Gasteiger charge is 2.31. The second kappa shape index (κ2) is 11.7. The lowest BCUT2D eigenvalue weighted by molar-refractivity contribution is -0.274. The normalized spacial score (nSPS) is 11.5. The van der Waals surface area contributed by atoms with E-state index in [0.717, 1.165) is 12.0 Å². The quantitative estimate of drug-likeness (QED) is 0.335. The van der Waals surface area contributed by atoms with Gasteiger partial charge in [-0.15, -0.1) is 37.1 Å². The molecule has 0 saturated carbocycles. The Morgan fingerprint density at radius 1 is 1.14 bits per heavy atom. The number of rotatable bonds is 7. The number of ether oxygens (including phenoxy) is 1. The van der Waals surface area contributed by atoms with Gasteiger partial charge in [0.05, 0.1) is 6.54 Å². The molecule has 28 heavy (non-hydrogen) atoms. The number of aliphatic imine (C=N–C) groups is 1. The molecule has 0 saturated heterocycles. The summed E-state index contributed by atoms with van der Waals surface area (Å²) in [4.78, 5) is 8.43. The van der Waals surface area contributed by atoms with Gasteiger partial charge in [0.2, 0.25) is 0 Å². The number of guanidine groups is 1. The van der Waals surface area contributed by atoms with Gasteiger partial charge in [0, 0.05) is 31.0 Å². The Labute approximate surface area is 179 Å². The first-order valence-electron chi connectivity index (χ1n) is 8.64. The van der Waals surface area contributed by atoms with Crippen LogP contribution in [-0.4, -0.2) is 30.4 Å². The van der Waals surface area contributed by atoms with Crippen LogP contribution in [0.5, 0.6) is 5.75 Å². The van der Waals surface area contributed by atoms with Crippen LogP contribution in [0.2, 0.25) is 0 Å². The Balaban J connectivity index is 0.00000392. The predicted octanol–water partition coefficient (Wildman–Crippen LogP) is 4.20. The van der Waals surface area contributed by atoms with Gasteiger partial charge < -0.3 is 15.4 Å². The Hall–Kier alpha value is -2.04. The highest BCUT2D eigenvalue weighted by Crippen LogP contribution is 2.26. The molecule has 0 radical (unpaired) electrons. The zero-order valence-electron chi connectivity index (χ0n) is 15.7. The molecule has 0 unspecified atom stereocenters. The number of alkyl halides is 3. The molecule has 0 bridgehead atoms. The molecule has 0 aliphatic carbocycles. The fourth-order valence-corrected chi connectivity index (χ4v) is 2.46. The molecular formula is C19H24F3IN4O. The molecule has 0 fully saturated rings. The molecule has 0 amide bonds. The highest BCUT2D eigenvalue weighted by molar-refractivity contribution is 14.0. The van der Waals surface area contributed by atoms with Crippen molar-refractivity contribution in [3.8, 4) is 5.75 Å². The van der Waals surface area contributed by atoms with Crippen molar-refractivity contribution in [3.05, 3.63) is 59.4 Å². The van der Waals surface area contributed by atoms with E-state index in [2.05, 4.69) is 25.3 Å². The third kappa shape index (κ3) is 8.32. The van der Waals surface area contributed by atoms with Crippen LogP contribution in [0.15, 0.2) is 47.7 Å². The third-order valence-electron chi connectivity index (χ3n) is 3.77. The van der Waals surface area contributed by atoms with E-state index in [0.29, 0.717) is 24.6 Å². The molecule has 0 aliphatic heterocycles. The smallest absolute Gasteiger partial charge is 0.405 e. The molecule has 5 nitrogen and oxygen atoms in total. The van der Waals surface area contributed by atoms with Crippen molar-refractivity contribution in [2.24, 2.45) is 4.99 Å². The summed E-state index contributed by atoms with van der Waals surface area (Å²) in [6.07, 6.45) is -0.386. The topological polar surface area (TPSA) is 58.5 Å². The number of nitrogens with zero attached hydrogens (tertiary/aromatic N) is 2. The summed E-state index contributed by atoms with van der Waals surface area (Å²) < 4.78 is 41.6. The zero-order chi connectivity index (χ0) is 19.7. The zero-order valence-corrected chi connectivity index (χ0v) is 18.0. The van der Waals surface area contributed by atoms with Gasteiger partial charge in [-0.1, -0.05) is 18.2 Å². The summed E-state index contributed by atoms with van der Waals surface area (Å²) in [6, 6.07) is 7.96. The molecule has 2 rings (SSSR count). The minimum Gasteiger partial charge on any atom is -0.405 e. The van der Waals surface area contributed by atoms with E-state index in [1.54, 1.807) is 18.3 Å². The lowest BCUT2D eigenvalue weighted by Crippen LogP contribution is -2.38. The molecule has 1 aromatic heterocycles. The Morgan fingerprint density at radius 2 is 1.89 bits per heavy atom. The van der Waals surface area contributed by atoms with E-state index < -0.39 is 6.36 Å². The van der Waals surface area contributed by atoms with Crippen LogP contribution in [0.4, 0.5) is 13.2 Å². The van der Waals surface area contributed by atoms with E-state index in [4.69, 9.17) is 0 Å². The molecule has 154 valence electrons. The number of pyridine rings is 1. The lowest BCUT2D eigenvalue weighted by Gasteiger charge is -2.14. The minimum atomic E-state index is -4.73. The molecule has 0 atom stereocenters. The van der Waals surface area contributed by atoms with Crippen molar-refractivity contribution < 1.29 is 17.9 Å². The molecule has 2 N–H and O–H groups in total. The van der Waals surface area contributed by atoms with Gasteiger partial charge in [0.25, 0.3) is 0 Å². The van der Waals surface area contributed by atoms with Gasteiger partial charge in [-0.25, -0.2) is 4.99 Å². The number of aryl methyl sites for hydroxylation is 1. The standard InChI is InChI=1S/C19H23F3N4O.HI/c1-3-24-18(25-11-9-15-8-10-23-12-14(15)2)26-13-16-6-4-5-7-17(16)27-19(20,21)22;/h4-8,10,12H,3,9,11,13H2,1-2H3,(H2,24,25,26);1H. The van der Waals surface area contributed by atoms with Crippen molar-refractivity contribution in [2.45, 2.75) is 33.2 Å². The number of nitrogens with one attached hydrogen (secondary N) is 2. The van der Waals surface area contributed by atoms with Crippen LogP contribution in [-0.2, 0) is 13.0 Å². The first-order chi connectivity index (χ1) is 12.9. The van der Waals surface area contributed by atoms with Crippen molar-refractivity contribution >= 4 is 29.9 Å². The van der Waals surface area contributed by atoms with Gasteiger partial charge in [-0.2, -0.15) is 0 Å². The van der Waals surface area contributed by atoms with E-state index in [1.165, 1.54) is 17.7 Å². The van der Waals surface area contributed by atoms with E-state index >= 15 is 0 Å². The second-order valence-electron chi connectivity index (χ2n) is 5.83. The number of para-hydroxylation sites is 1. The summed E-state index contributed by atoms with van der Waals surface area (Å²) in [5.74, 6) is 0.294. The van der Waals surface area contributed by atoms with E-state index in [9.17, 15) is 13.2 Å². The van der Waals surface area contributed by atoms with Crippen molar-refractivity contribution in [1.82, 2.24) is 15.6 Å². The molecule has 9 heteroatoms. The Kier molecular flexibility index (Phi) is 10.0. The molecular weight excluding hydrogens is 484 g/mol. The number of benzene rings is 1. The Bertz CT molecular complexity index is 769. The van der Waals surface area contributed by atoms with Gasteiger partial charge in [0.15, 0.2) is 5.96 Å². The number of hydrogen-bond acceptors (Lipinski definition) is 3. The second-order valence-corrected chi connectivity index (χ2v) is 5.83. The van der Waals surface area contributed by atoms with Crippen LogP contribution in [0, 0.1) is 6.92 Å². The summed E-state index contributed by atoms with van der Waals surface area (Å²) in [6.45, 7) is 5.26. The van der Waals surface area contributed by atoms with Crippen LogP contribution in [0.1, 0.15) is 23.6 Å². The summed E-state index contributed by atoms with van der Waals surface area (Å²) in [5, 5.41) is 6.27. The van der Waals surface area contributed by atoms with Crippen molar-refractivity contribution in [1.29, 1.82) is 0 Å². The SMILES string of the molecule is CCNC(=NCc1ccccc1OC(F)(F)F)NCCc1ccncc1C.I. The van der Waals surface area contributed by atoms with Crippen LogP contribution in [0.3, 0.4) is 0 Å². The molecule has 0 aliphatic rings. The van der Waals surface area contributed by atoms with E-state index in [1.807, 2.05) is 26.1 Å². The minimum absolute atomic E-state index is 0. The maximum atomic E-state index is 12.5. The van der Waals surface area contributed by atoms with Gasteiger partial charge in [-0.05, 0) is 43.5 Å². The van der Waals surface area contributed by atoms with Crippen LogP contribution in [0.25, 0.3) is 0 Å². The fraction of sp³-hybridized carbons (Fsp3) is 0.368. The fourth-order valence-electron chi connectivity index (χ4n) is 2.46. The lowest BCUT2D eigenvalue weighted by atomic mass is 10.1. The van der Waals surface area contributed by atoms with Gasteiger partial charge in [0.1, 0.15) is 5.75 Å². The monoisotopic (exact) mass is 508 g/mol. The van der Waals surface area contributed by atoms with Gasteiger partial charge >= 0.3 is 6.36 Å². The summed E-state index contributed by atoms with van der Waals surface area (Å²) in [5.41, 5.74) is 2.65. The third-order valence-corrected chi connectivity index (χ3v) is 3.77. The maximum Gasteiger partial charge on any atom is 0.573 e. The summed E-state index contributed by atoms with van der Waals surface area (Å²) in [7, 11) is 0. The molecule has 0 spiro atoms. The average molecular weight is 508 g/mol. The first kappa shape index (κ1) is 24.0. The molecule has 2 aromatic rings. The van der Waals surface area contributed by atoms with Crippen LogP contribution >= 0.6 is 24.0 Å². The molecule has 1 heterocycles. The highest BCUT2D eigenvalue weighted by atomic mass is 127. The van der Waals surface area contributed by atoms with Gasteiger partial charge in [-0.3, -0.25) is 4.98 Å². The van der Waals surface area contributed by atoms with Crippen molar-refractivity contribution in [3.63, 3.8) is 0 Å². The predicted molar refractivity (Wildman–Crippen MR) is 114 cm³/mol. The number of halogens is 4. The maximum absolute atomic E-state index is 12.5. The number of hydrogen-bond donors (Lipinski definition) is 2. The number of aromatic nitrogens is 1. The first-order valence-corrected chi connectivity index (χ1v) is 8.64.